The van der Waals surface area contributed by atoms with Crippen molar-refractivity contribution in [2.75, 3.05) is 6.54 Å². The Morgan fingerprint density at radius 1 is 1.32 bits per heavy atom. The first-order valence-corrected chi connectivity index (χ1v) is 9.98. The van der Waals surface area contributed by atoms with Gasteiger partial charge in [0.25, 0.3) is 5.91 Å². The van der Waals surface area contributed by atoms with Crippen LogP contribution in [0.25, 0.3) is 0 Å². The average Bonchev–Trinajstić information content (AvgIpc) is 2.56. The molecular formula is C17H28ClN3O3S. The summed E-state index contributed by atoms with van der Waals surface area (Å²) in [4.78, 5) is 12.5. The van der Waals surface area contributed by atoms with E-state index in [0.29, 0.717) is 12.0 Å². The van der Waals surface area contributed by atoms with Gasteiger partial charge >= 0.3 is 0 Å². The number of carbonyl (C=O) groups is 1. The van der Waals surface area contributed by atoms with E-state index >= 15 is 0 Å². The molecule has 8 heteroatoms. The van der Waals surface area contributed by atoms with Gasteiger partial charge in [-0.25, -0.2) is 13.1 Å². The van der Waals surface area contributed by atoms with Gasteiger partial charge in [-0.3, -0.25) is 4.79 Å². The Morgan fingerprint density at radius 2 is 1.96 bits per heavy atom. The van der Waals surface area contributed by atoms with Crippen LogP contribution in [-0.4, -0.2) is 39.0 Å². The van der Waals surface area contributed by atoms with Gasteiger partial charge in [-0.2, -0.15) is 0 Å². The molecule has 0 bridgehead atoms. The van der Waals surface area contributed by atoms with Gasteiger partial charge in [0.05, 0.1) is 4.90 Å². The third-order valence-electron chi connectivity index (χ3n) is 4.47. The van der Waals surface area contributed by atoms with Crippen molar-refractivity contribution in [3.8, 4) is 0 Å². The Morgan fingerprint density at radius 3 is 2.52 bits per heavy atom. The topological polar surface area (TPSA) is 87.3 Å². The molecule has 0 aromatic heterocycles. The fourth-order valence-electron chi connectivity index (χ4n) is 2.69. The van der Waals surface area contributed by atoms with Gasteiger partial charge in [-0.05, 0) is 63.9 Å². The summed E-state index contributed by atoms with van der Waals surface area (Å²) < 4.78 is 27.1. The van der Waals surface area contributed by atoms with Gasteiger partial charge in [-0.1, -0.05) is 6.92 Å². The molecule has 0 aliphatic carbocycles. The van der Waals surface area contributed by atoms with Crippen LogP contribution in [0.2, 0.25) is 0 Å². The minimum Gasteiger partial charge on any atom is -0.348 e. The Balaban J connectivity index is 0.00000312. The lowest BCUT2D eigenvalue weighted by Gasteiger charge is -2.30. The smallest absolute Gasteiger partial charge is 0.251 e. The molecule has 25 heavy (non-hydrogen) atoms. The first kappa shape index (κ1) is 21.9. The lowest BCUT2D eigenvalue weighted by molar-refractivity contribution is 0.0919. The van der Waals surface area contributed by atoms with Crippen LogP contribution < -0.4 is 15.4 Å². The molecule has 1 amide bonds. The first-order chi connectivity index (χ1) is 11.3. The SMILES string of the molecule is CCC(C)NS(=O)(=O)c1ccc(C(=O)NC2CCCNC2C)cc1.Cl. The predicted octanol–water partition coefficient (Wildman–Crippen LogP) is 2.06. The van der Waals surface area contributed by atoms with E-state index in [9.17, 15) is 13.2 Å². The minimum absolute atomic E-state index is 0. The molecule has 3 atom stereocenters. The Labute approximate surface area is 156 Å². The van der Waals surface area contributed by atoms with Crippen molar-refractivity contribution in [2.45, 2.75) is 63.1 Å². The number of halogens is 1. The van der Waals surface area contributed by atoms with Crippen LogP contribution in [0.1, 0.15) is 50.4 Å². The van der Waals surface area contributed by atoms with E-state index in [1.807, 2.05) is 13.8 Å². The highest BCUT2D eigenvalue weighted by Gasteiger charge is 2.23. The van der Waals surface area contributed by atoms with Crippen molar-refractivity contribution in [2.24, 2.45) is 0 Å². The van der Waals surface area contributed by atoms with E-state index in [-0.39, 0.29) is 41.3 Å². The molecule has 142 valence electrons. The third-order valence-corrected chi connectivity index (χ3v) is 6.08. The maximum atomic E-state index is 12.3. The molecule has 2 rings (SSSR count). The fourth-order valence-corrected chi connectivity index (χ4v) is 4.02. The highest BCUT2D eigenvalue weighted by molar-refractivity contribution is 7.89. The Hall–Kier alpha value is -1.15. The monoisotopic (exact) mass is 389 g/mol. The van der Waals surface area contributed by atoms with Gasteiger partial charge in [0.2, 0.25) is 10.0 Å². The largest absolute Gasteiger partial charge is 0.348 e. The van der Waals surface area contributed by atoms with Gasteiger partial charge in [0, 0.05) is 23.7 Å². The number of hydrogen-bond donors (Lipinski definition) is 3. The van der Waals surface area contributed by atoms with Crippen molar-refractivity contribution >= 4 is 28.3 Å². The van der Waals surface area contributed by atoms with E-state index < -0.39 is 10.0 Å². The molecule has 3 N–H and O–H groups in total. The van der Waals surface area contributed by atoms with Gasteiger partial charge < -0.3 is 10.6 Å². The lowest BCUT2D eigenvalue weighted by Crippen LogP contribution is -2.51. The summed E-state index contributed by atoms with van der Waals surface area (Å²) in [5, 5.41) is 6.36. The second-order valence-corrected chi connectivity index (χ2v) is 8.13. The zero-order chi connectivity index (χ0) is 17.7. The first-order valence-electron chi connectivity index (χ1n) is 8.50. The molecule has 0 spiro atoms. The summed E-state index contributed by atoms with van der Waals surface area (Å²) in [5.74, 6) is -0.172. The van der Waals surface area contributed by atoms with Gasteiger partial charge in [0.1, 0.15) is 0 Å². The maximum absolute atomic E-state index is 12.3. The summed E-state index contributed by atoms with van der Waals surface area (Å²) in [6.07, 6.45) is 2.70. The molecule has 6 nitrogen and oxygen atoms in total. The highest BCUT2D eigenvalue weighted by atomic mass is 35.5. The number of nitrogens with one attached hydrogen (secondary N) is 3. The number of rotatable bonds is 6. The van der Waals surface area contributed by atoms with Crippen molar-refractivity contribution in [1.82, 2.24) is 15.4 Å². The van der Waals surface area contributed by atoms with Crippen molar-refractivity contribution < 1.29 is 13.2 Å². The molecule has 1 aliphatic rings. The minimum atomic E-state index is -3.54. The lowest BCUT2D eigenvalue weighted by atomic mass is 9.99. The summed E-state index contributed by atoms with van der Waals surface area (Å²) >= 11 is 0. The number of carbonyl (C=O) groups excluding carboxylic acids is 1. The fraction of sp³-hybridized carbons (Fsp3) is 0.588. The number of piperidine rings is 1. The van der Waals surface area contributed by atoms with E-state index in [2.05, 4.69) is 22.3 Å². The standard InChI is InChI=1S/C17H27N3O3S.ClH/c1-4-12(2)20-24(22,23)15-9-7-14(8-10-15)17(21)19-16-6-5-11-18-13(16)3;/h7-10,12-13,16,18,20H,4-6,11H2,1-3H3,(H,19,21);1H. The third kappa shape index (κ3) is 5.95. The van der Waals surface area contributed by atoms with Crippen LogP contribution in [0.15, 0.2) is 29.2 Å². The van der Waals surface area contributed by atoms with Crippen LogP contribution in [0.4, 0.5) is 0 Å². The summed E-state index contributed by atoms with van der Waals surface area (Å²) in [5.41, 5.74) is 0.468. The molecule has 1 fully saturated rings. The molecule has 1 aromatic carbocycles. The Bertz CT molecular complexity index is 664. The maximum Gasteiger partial charge on any atom is 0.251 e. The van der Waals surface area contributed by atoms with Crippen LogP contribution in [0.5, 0.6) is 0 Å². The van der Waals surface area contributed by atoms with Gasteiger partial charge in [0.15, 0.2) is 0 Å². The number of amides is 1. The second-order valence-electron chi connectivity index (χ2n) is 6.42. The number of benzene rings is 1. The van der Waals surface area contributed by atoms with E-state index in [1.165, 1.54) is 12.1 Å². The number of sulfonamides is 1. The van der Waals surface area contributed by atoms with Crippen LogP contribution in [0, 0.1) is 0 Å². The van der Waals surface area contributed by atoms with Crippen LogP contribution in [-0.2, 0) is 10.0 Å². The van der Waals surface area contributed by atoms with Crippen molar-refractivity contribution in [3.05, 3.63) is 29.8 Å². The molecule has 1 saturated heterocycles. The van der Waals surface area contributed by atoms with Crippen molar-refractivity contribution in [1.29, 1.82) is 0 Å². The van der Waals surface area contributed by atoms with Crippen LogP contribution in [0.3, 0.4) is 0 Å². The van der Waals surface area contributed by atoms with E-state index in [0.717, 1.165) is 19.4 Å². The van der Waals surface area contributed by atoms with E-state index in [4.69, 9.17) is 0 Å². The second kappa shape index (κ2) is 9.52. The zero-order valence-corrected chi connectivity index (χ0v) is 16.5. The molecule has 0 saturated carbocycles. The molecule has 1 aliphatic heterocycles. The summed E-state index contributed by atoms with van der Waals surface area (Å²) in [7, 11) is -3.54. The normalized spacial score (nSPS) is 21.9. The summed E-state index contributed by atoms with van der Waals surface area (Å²) in [6.45, 7) is 6.77. The zero-order valence-electron chi connectivity index (χ0n) is 14.9. The summed E-state index contributed by atoms with van der Waals surface area (Å²) in [6, 6.07) is 6.27. The average molecular weight is 390 g/mol. The number of hydrogen-bond acceptors (Lipinski definition) is 4. The van der Waals surface area contributed by atoms with Crippen LogP contribution >= 0.6 is 12.4 Å². The molecule has 1 aromatic rings. The van der Waals surface area contributed by atoms with E-state index in [1.54, 1.807) is 12.1 Å². The highest BCUT2D eigenvalue weighted by Crippen LogP contribution is 2.13. The molecule has 3 unspecified atom stereocenters. The quantitative estimate of drug-likeness (QED) is 0.694. The molecule has 1 heterocycles. The Kier molecular flexibility index (Phi) is 8.34. The molecule has 0 radical (unpaired) electrons. The molecular weight excluding hydrogens is 362 g/mol. The van der Waals surface area contributed by atoms with Gasteiger partial charge in [-0.15, -0.1) is 12.4 Å². The van der Waals surface area contributed by atoms with Crippen molar-refractivity contribution in [3.63, 3.8) is 0 Å². The predicted molar refractivity (Wildman–Crippen MR) is 102 cm³/mol.